The fraction of sp³-hybridized carbons (Fsp3) is 0.500. The first-order chi connectivity index (χ1) is 8.67. The maximum atomic E-state index is 12.1. The highest BCUT2D eigenvalue weighted by atomic mass is 16.5. The molecule has 18 heavy (non-hydrogen) atoms. The molecular weight excluding hydrogens is 230 g/mol. The van der Waals surface area contributed by atoms with Gasteiger partial charge in [-0.15, -0.1) is 0 Å². The number of fused-ring (bicyclic) bond motifs is 1. The molecule has 1 amide bonds. The molecule has 0 N–H and O–H groups in total. The molecule has 1 aliphatic heterocycles. The minimum atomic E-state index is -0.465. The number of ether oxygens (including phenoxy) is 2. The molecule has 0 saturated carbocycles. The van der Waals surface area contributed by atoms with Crippen LogP contribution in [-0.2, 0) is 11.3 Å². The lowest BCUT2D eigenvalue weighted by Crippen LogP contribution is -2.37. The monoisotopic (exact) mass is 249 g/mol. The van der Waals surface area contributed by atoms with Crippen LogP contribution >= 0.6 is 0 Å². The van der Waals surface area contributed by atoms with E-state index >= 15 is 0 Å². The van der Waals surface area contributed by atoms with E-state index in [9.17, 15) is 4.79 Å². The van der Waals surface area contributed by atoms with Crippen molar-refractivity contribution >= 4 is 5.91 Å². The van der Waals surface area contributed by atoms with Crippen LogP contribution in [0.25, 0.3) is 0 Å². The lowest BCUT2D eigenvalue weighted by Gasteiger charge is -2.19. The van der Waals surface area contributed by atoms with Crippen molar-refractivity contribution in [2.24, 2.45) is 0 Å². The highest BCUT2D eigenvalue weighted by molar-refractivity contribution is 5.81. The summed E-state index contributed by atoms with van der Waals surface area (Å²) < 4.78 is 11.3. The SMILES string of the molecule is CCOc1cccc2c1OC(C)C(=O)N(CC)C2. The molecule has 1 aromatic rings. The Balaban J connectivity index is 2.40. The van der Waals surface area contributed by atoms with E-state index in [4.69, 9.17) is 9.47 Å². The van der Waals surface area contributed by atoms with Gasteiger partial charge in [-0.05, 0) is 26.8 Å². The number of para-hydroxylation sites is 1. The summed E-state index contributed by atoms with van der Waals surface area (Å²) in [5.41, 5.74) is 1.00. The van der Waals surface area contributed by atoms with Gasteiger partial charge in [0, 0.05) is 18.7 Å². The quantitative estimate of drug-likeness (QED) is 0.824. The van der Waals surface area contributed by atoms with E-state index in [1.165, 1.54) is 0 Å². The summed E-state index contributed by atoms with van der Waals surface area (Å²) in [5, 5.41) is 0. The summed E-state index contributed by atoms with van der Waals surface area (Å²) in [5.74, 6) is 1.44. The molecule has 0 radical (unpaired) electrons. The van der Waals surface area contributed by atoms with Crippen molar-refractivity contribution in [2.45, 2.75) is 33.4 Å². The van der Waals surface area contributed by atoms with Crippen LogP contribution in [0.4, 0.5) is 0 Å². The highest BCUT2D eigenvalue weighted by Gasteiger charge is 2.28. The minimum Gasteiger partial charge on any atom is -0.490 e. The second-order valence-corrected chi connectivity index (χ2v) is 4.29. The summed E-state index contributed by atoms with van der Waals surface area (Å²) in [6.45, 7) is 7.54. The van der Waals surface area contributed by atoms with E-state index in [1.54, 1.807) is 11.8 Å². The van der Waals surface area contributed by atoms with E-state index in [1.807, 2.05) is 32.0 Å². The number of hydrogen-bond donors (Lipinski definition) is 0. The first-order valence-electron chi connectivity index (χ1n) is 6.37. The van der Waals surface area contributed by atoms with Crippen LogP contribution in [0.2, 0.25) is 0 Å². The van der Waals surface area contributed by atoms with Gasteiger partial charge in [-0.1, -0.05) is 12.1 Å². The summed E-state index contributed by atoms with van der Waals surface area (Å²) in [7, 11) is 0. The Morgan fingerprint density at radius 1 is 1.44 bits per heavy atom. The van der Waals surface area contributed by atoms with Crippen LogP contribution in [0.5, 0.6) is 11.5 Å². The molecule has 0 aliphatic carbocycles. The molecule has 0 bridgehead atoms. The molecule has 0 aromatic heterocycles. The Kier molecular flexibility index (Phi) is 3.75. The minimum absolute atomic E-state index is 0.0242. The fourth-order valence-electron chi connectivity index (χ4n) is 2.12. The Hall–Kier alpha value is -1.71. The molecule has 4 nitrogen and oxygen atoms in total. The molecule has 98 valence electrons. The molecule has 2 rings (SSSR count). The van der Waals surface area contributed by atoms with Crippen molar-refractivity contribution < 1.29 is 14.3 Å². The van der Waals surface area contributed by atoms with Crippen molar-refractivity contribution in [1.82, 2.24) is 4.90 Å². The second kappa shape index (κ2) is 5.29. The van der Waals surface area contributed by atoms with E-state index in [0.717, 1.165) is 5.56 Å². The number of benzene rings is 1. The van der Waals surface area contributed by atoms with Crippen LogP contribution in [0, 0.1) is 0 Å². The average molecular weight is 249 g/mol. The van der Waals surface area contributed by atoms with Crippen molar-refractivity contribution in [2.75, 3.05) is 13.2 Å². The molecular formula is C14H19NO3. The topological polar surface area (TPSA) is 38.8 Å². The number of hydrogen-bond acceptors (Lipinski definition) is 3. The number of carbonyl (C=O) groups excluding carboxylic acids is 1. The Bertz CT molecular complexity index is 445. The third-order valence-electron chi connectivity index (χ3n) is 3.06. The van der Waals surface area contributed by atoms with Crippen molar-refractivity contribution in [3.63, 3.8) is 0 Å². The van der Waals surface area contributed by atoms with Crippen LogP contribution in [0.15, 0.2) is 18.2 Å². The Morgan fingerprint density at radius 3 is 2.89 bits per heavy atom. The van der Waals surface area contributed by atoms with Crippen LogP contribution in [0.1, 0.15) is 26.3 Å². The normalized spacial score (nSPS) is 18.9. The summed E-state index contributed by atoms with van der Waals surface area (Å²) in [4.78, 5) is 13.9. The zero-order valence-corrected chi connectivity index (χ0v) is 11.1. The number of carbonyl (C=O) groups is 1. The van der Waals surface area contributed by atoms with Gasteiger partial charge in [0.05, 0.1) is 6.61 Å². The van der Waals surface area contributed by atoms with Gasteiger partial charge in [0.15, 0.2) is 17.6 Å². The van der Waals surface area contributed by atoms with Gasteiger partial charge in [0.25, 0.3) is 5.91 Å². The predicted octanol–water partition coefficient (Wildman–Crippen LogP) is 2.21. The summed E-state index contributed by atoms with van der Waals surface area (Å²) in [6.07, 6.45) is -0.465. The van der Waals surface area contributed by atoms with E-state index in [0.29, 0.717) is 31.2 Å². The van der Waals surface area contributed by atoms with Gasteiger partial charge < -0.3 is 14.4 Å². The number of amides is 1. The average Bonchev–Trinajstić information content (AvgIpc) is 2.49. The second-order valence-electron chi connectivity index (χ2n) is 4.29. The molecule has 1 unspecified atom stereocenters. The molecule has 1 aliphatic rings. The van der Waals surface area contributed by atoms with Gasteiger partial charge in [0.1, 0.15) is 0 Å². The Labute approximate surface area is 107 Å². The number of nitrogens with zero attached hydrogens (tertiary/aromatic N) is 1. The Morgan fingerprint density at radius 2 is 2.22 bits per heavy atom. The third kappa shape index (κ3) is 2.28. The lowest BCUT2D eigenvalue weighted by molar-refractivity contribution is -0.137. The lowest BCUT2D eigenvalue weighted by atomic mass is 10.1. The van der Waals surface area contributed by atoms with Crippen molar-refractivity contribution in [1.29, 1.82) is 0 Å². The highest BCUT2D eigenvalue weighted by Crippen LogP contribution is 2.35. The smallest absolute Gasteiger partial charge is 0.263 e. The van der Waals surface area contributed by atoms with Gasteiger partial charge in [-0.3, -0.25) is 4.79 Å². The van der Waals surface area contributed by atoms with Crippen LogP contribution in [0.3, 0.4) is 0 Å². The third-order valence-corrected chi connectivity index (χ3v) is 3.06. The summed E-state index contributed by atoms with van der Waals surface area (Å²) >= 11 is 0. The van der Waals surface area contributed by atoms with Crippen molar-refractivity contribution in [3.8, 4) is 11.5 Å². The zero-order valence-electron chi connectivity index (χ0n) is 11.1. The summed E-state index contributed by atoms with van der Waals surface area (Å²) in [6, 6.07) is 5.79. The number of likely N-dealkylation sites (N-methyl/N-ethyl adjacent to an activating group) is 1. The van der Waals surface area contributed by atoms with Gasteiger partial charge >= 0.3 is 0 Å². The molecule has 0 saturated heterocycles. The molecule has 1 aromatic carbocycles. The van der Waals surface area contributed by atoms with Gasteiger partial charge in [-0.2, -0.15) is 0 Å². The van der Waals surface area contributed by atoms with E-state index in [2.05, 4.69) is 0 Å². The standard InChI is InChI=1S/C14H19NO3/c1-4-15-9-11-7-6-8-12(17-5-2)13(11)18-10(3)14(15)16/h6-8,10H,4-5,9H2,1-3H3. The van der Waals surface area contributed by atoms with Gasteiger partial charge in [0.2, 0.25) is 0 Å². The maximum absolute atomic E-state index is 12.1. The molecule has 0 fully saturated rings. The molecule has 0 spiro atoms. The van der Waals surface area contributed by atoms with Crippen LogP contribution < -0.4 is 9.47 Å². The largest absolute Gasteiger partial charge is 0.490 e. The molecule has 4 heteroatoms. The first kappa shape index (κ1) is 12.7. The zero-order chi connectivity index (χ0) is 13.1. The molecule has 1 heterocycles. The van der Waals surface area contributed by atoms with Crippen LogP contribution in [-0.4, -0.2) is 30.1 Å². The maximum Gasteiger partial charge on any atom is 0.263 e. The predicted molar refractivity (Wildman–Crippen MR) is 68.8 cm³/mol. The van der Waals surface area contributed by atoms with Crippen molar-refractivity contribution in [3.05, 3.63) is 23.8 Å². The first-order valence-corrected chi connectivity index (χ1v) is 6.37. The van der Waals surface area contributed by atoms with E-state index < -0.39 is 6.10 Å². The number of rotatable bonds is 3. The fourth-order valence-corrected chi connectivity index (χ4v) is 2.12. The molecule has 1 atom stereocenters. The van der Waals surface area contributed by atoms with E-state index in [-0.39, 0.29) is 5.91 Å². The van der Waals surface area contributed by atoms with Gasteiger partial charge in [-0.25, -0.2) is 0 Å².